The van der Waals surface area contributed by atoms with Gasteiger partial charge in [-0.3, -0.25) is 9.59 Å². The van der Waals surface area contributed by atoms with Crippen LogP contribution in [0.2, 0.25) is 0 Å². The summed E-state index contributed by atoms with van der Waals surface area (Å²) in [6.07, 6.45) is 1.30. The molecule has 1 heterocycles. The van der Waals surface area contributed by atoms with Gasteiger partial charge < -0.3 is 19.9 Å². The minimum Gasteiger partial charge on any atom is -0.485 e. The molecule has 8 nitrogen and oxygen atoms in total. The van der Waals surface area contributed by atoms with E-state index in [0.717, 1.165) is 0 Å². The van der Waals surface area contributed by atoms with Gasteiger partial charge in [-0.05, 0) is 48.0 Å². The molecule has 0 saturated carbocycles. The number of para-hydroxylation sites is 2. The Morgan fingerprint density at radius 3 is 1.94 bits per heavy atom. The van der Waals surface area contributed by atoms with Crippen LogP contribution in [0.1, 0.15) is 17.3 Å². The summed E-state index contributed by atoms with van der Waals surface area (Å²) in [5.74, 6) is -1.79. The summed E-state index contributed by atoms with van der Waals surface area (Å²) in [5.41, 5.74) is -0.0994. The fraction of sp³-hybridized carbons (Fsp3) is 0.0769. The van der Waals surface area contributed by atoms with Gasteiger partial charge in [-0.25, -0.2) is 8.78 Å². The molecule has 0 bridgehead atoms. The van der Waals surface area contributed by atoms with Crippen LogP contribution < -0.4 is 15.4 Å². The molecule has 0 fully saturated rings. The SMILES string of the molecule is Cc1nc(COc2ccc(C=C(C(=O)Nc3ccccc3F)C(=O)Nc3ccccc3F)cc2)no1. The fourth-order valence-electron chi connectivity index (χ4n) is 3.11. The van der Waals surface area contributed by atoms with E-state index in [4.69, 9.17) is 9.26 Å². The van der Waals surface area contributed by atoms with Crippen LogP contribution in [0.25, 0.3) is 6.08 Å². The van der Waals surface area contributed by atoms with Crippen molar-refractivity contribution in [2.24, 2.45) is 0 Å². The van der Waals surface area contributed by atoms with Gasteiger partial charge in [-0.2, -0.15) is 4.98 Å². The van der Waals surface area contributed by atoms with Crippen molar-refractivity contribution >= 4 is 29.3 Å². The number of hydrogen-bond donors (Lipinski definition) is 2. The van der Waals surface area contributed by atoms with Gasteiger partial charge in [0.15, 0.2) is 6.61 Å². The van der Waals surface area contributed by atoms with Gasteiger partial charge in [0.1, 0.15) is 23.0 Å². The number of rotatable bonds is 8. The predicted molar refractivity (Wildman–Crippen MR) is 128 cm³/mol. The highest BCUT2D eigenvalue weighted by molar-refractivity contribution is 6.28. The van der Waals surface area contributed by atoms with Crippen molar-refractivity contribution in [3.8, 4) is 5.75 Å². The summed E-state index contributed by atoms with van der Waals surface area (Å²) < 4.78 is 38.6. The molecule has 4 aromatic rings. The molecule has 0 unspecified atom stereocenters. The van der Waals surface area contributed by atoms with Crippen LogP contribution in [0.15, 0.2) is 82.9 Å². The third-order valence-electron chi connectivity index (χ3n) is 4.86. The highest BCUT2D eigenvalue weighted by Gasteiger charge is 2.21. The van der Waals surface area contributed by atoms with Crippen molar-refractivity contribution in [1.82, 2.24) is 10.1 Å². The first-order valence-electron chi connectivity index (χ1n) is 10.7. The Bertz CT molecular complexity index is 1360. The van der Waals surface area contributed by atoms with E-state index in [9.17, 15) is 18.4 Å². The number of nitrogens with one attached hydrogen (secondary N) is 2. The van der Waals surface area contributed by atoms with Crippen molar-refractivity contribution in [3.63, 3.8) is 0 Å². The van der Waals surface area contributed by atoms with Crippen molar-refractivity contribution in [2.75, 3.05) is 10.6 Å². The standard InChI is InChI=1S/C26H20F2N4O4/c1-16-29-24(32-36-16)15-35-18-12-10-17(11-13-18)14-19(25(33)30-22-8-4-2-6-20(22)27)26(34)31-23-9-5-3-7-21(23)28/h2-14H,15H2,1H3,(H,30,33)(H,31,34). The second-order valence-electron chi connectivity index (χ2n) is 7.51. The number of nitrogens with zero attached hydrogens (tertiary/aromatic N) is 2. The van der Waals surface area contributed by atoms with E-state index in [1.54, 1.807) is 31.2 Å². The summed E-state index contributed by atoms with van der Waals surface area (Å²) in [6, 6.07) is 17.6. The van der Waals surface area contributed by atoms with E-state index < -0.39 is 23.4 Å². The molecule has 4 rings (SSSR count). The molecule has 2 amide bonds. The minimum atomic E-state index is -0.873. The summed E-state index contributed by atoms with van der Waals surface area (Å²) >= 11 is 0. The molecule has 0 atom stereocenters. The number of aryl methyl sites for hydroxylation is 1. The highest BCUT2D eigenvalue weighted by Crippen LogP contribution is 2.20. The molecule has 0 radical (unpaired) electrons. The van der Waals surface area contributed by atoms with Gasteiger partial charge in [0.05, 0.1) is 11.4 Å². The largest absolute Gasteiger partial charge is 0.485 e. The van der Waals surface area contributed by atoms with Gasteiger partial charge in [0.25, 0.3) is 11.8 Å². The number of hydrogen-bond acceptors (Lipinski definition) is 6. The Balaban J connectivity index is 1.56. The summed E-state index contributed by atoms with van der Waals surface area (Å²) in [6.45, 7) is 1.76. The second-order valence-corrected chi connectivity index (χ2v) is 7.51. The lowest BCUT2D eigenvalue weighted by atomic mass is 10.1. The number of carbonyl (C=O) groups is 2. The molecule has 0 aliphatic carbocycles. The first kappa shape index (κ1) is 24.3. The topological polar surface area (TPSA) is 106 Å². The average Bonchev–Trinajstić information content (AvgIpc) is 3.29. The van der Waals surface area contributed by atoms with E-state index in [2.05, 4.69) is 20.8 Å². The number of aromatic nitrogens is 2. The predicted octanol–water partition coefficient (Wildman–Crippen LogP) is 4.90. The normalized spacial score (nSPS) is 10.4. The summed E-state index contributed by atoms with van der Waals surface area (Å²) in [7, 11) is 0. The lowest BCUT2D eigenvalue weighted by Crippen LogP contribution is -2.26. The summed E-state index contributed by atoms with van der Waals surface area (Å²) in [4.78, 5) is 30.0. The van der Waals surface area contributed by atoms with E-state index >= 15 is 0 Å². The van der Waals surface area contributed by atoms with Crippen LogP contribution >= 0.6 is 0 Å². The smallest absolute Gasteiger partial charge is 0.261 e. The Morgan fingerprint density at radius 2 is 1.44 bits per heavy atom. The third-order valence-corrected chi connectivity index (χ3v) is 4.86. The molecule has 0 aliphatic heterocycles. The first-order valence-corrected chi connectivity index (χ1v) is 10.7. The molecule has 36 heavy (non-hydrogen) atoms. The molecule has 0 saturated heterocycles. The van der Waals surface area contributed by atoms with Crippen molar-refractivity contribution in [2.45, 2.75) is 13.5 Å². The molecule has 10 heteroatoms. The molecular weight excluding hydrogens is 470 g/mol. The van der Waals surface area contributed by atoms with E-state index in [-0.39, 0.29) is 23.6 Å². The van der Waals surface area contributed by atoms with Crippen LogP contribution in [0.3, 0.4) is 0 Å². The van der Waals surface area contributed by atoms with Gasteiger partial charge >= 0.3 is 0 Å². The number of halogens is 2. The van der Waals surface area contributed by atoms with E-state index in [1.807, 2.05) is 0 Å². The number of ether oxygens (including phenoxy) is 1. The Hall–Kier alpha value is -4.86. The average molecular weight is 490 g/mol. The monoisotopic (exact) mass is 490 g/mol. The van der Waals surface area contributed by atoms with Gasteiger partial charge in [0.2, 0.25) is 11.7 Å². The molecule has 0 spiro atoms. The summed E-state index contributed by atoms with van der Waals surface area (Å²) in [5, 5.41) is 8.50. The Morgan fingerprint density at radius 1 is 0.889 bits per heavy atom. The number of benzene rings is 3. The zero-order valence-electron chi connectivity index (χ0n) is 19.0. The Labute approximate surface area is 204 Å². The third kappa shape index (κ3) is 6.17. The van der Waals surface area contributed by atoms with Gasteiger partial charge in [-0.1, -0.05) is 41.6 Å². The van der Waals surface area contributed by atoms with E-state index in [0.29, 0.717) is 23.0 Å². The number of carbonyl (C=O) groups excluding carboxylic acids is 2. The number of anilines is 2. The second kappa shape index (κ2) is 11.0. The van der Waals surface area contributed by atoms with Crippen LogP contribution in [0.4, 0.5) is 20.2 Å². The van der Waals surface area contributed by atoms with Crippen LogP contribution in [-0.2, 0) is 16.2 Å². The molecule has 2 N–H and O–H groups in total. The number of amides is 2. The molecule has 0 aliphatic rings. The van der Waals surface area contributed by atoms with Crippen LogP contribution in [-0.4, -0.2) is 22.0 Å². The lowest BCUT2D eigenvalue weighted by molar-refractivity contribution is -0.118. The maximum atomic E-state index is 14.1. The maximum absolute atomic E-state index is 14.1. The quantitative estimate of drug-likeness (QED) is 0.207. The fourth-order valence-corrected chi connectivity index (χ4v) is 3.11. The molecular formula is C26H20F2N4O4. The zero-order chi connectivity index (χ0) is 25.5. The minimum absolute atomic E-state index is 0.0911. The van der Waals surface area contributed by atoms with E-state index in [1.165, 1.54) is 54.6 Å². The van der Waals surface area contributed by atoms with Crippen molar-refractivity contribution < 1.29 is 27.6 Å². The maximum Gasteiger partial charge on any atom is 0.261 e. The Kier molecular flexibility index (Phi) is 7.45. The highest BCUT2D eigenvalue weighted by atomic mass is 19.1. The van der Waals surface area contributed by atoms with Gasteiger partial charge in [0, 0.05) is 6.92 Å². The lowest BCUT2D eigenvalue weighted by Gasteiger charge is -2.11. The van der Waals surface area contributed by atoms with Crippen LogP contribution in [0, 0.1) is 18.6 Å². The molecule has 1 aromatic heterocycles. The molecule has 3 aromatic carbocycles. The van der Waals surface area contributed by atoms with Crippen LogP contribution in [0.5, 0.6) is 5.75 Å². The van der Waals surface area contributed by atoms with Gasteiger partial charge in [-0.15, -0.1) is 0 Å². The first-order chi connectivity index (χ1) is 17.4. The van der Waals surface area contributed by atoms with Crippen molar-refractivity contribution in [3.05, 3.63) is 107 Å². The van der Waals surface area contributed by atoms with Crippen molar-refractivity contribution in [1.29, 1.82) is 0 Å². The molecule has 182 valence electrons. The zero-order valence-corrected chi connectivity index (χ0v) is 19.0.